The number of ether oxygens (including phenoxy) is 1. The van der Waals surface area contributed by atoms with Gasteiger partial charge >= 0.3 is 5.69 Å². The molecular weight excluding hydrogens is 400 g/mol. The Kier molecular flexibility index (Phi) is 6.35. The van der Waals surface area contributed by atoms with Gasteiger partial charge in [-0.15, -0.1) is 0 Å². The standard InChI is InChI=1S/C22H28N4O5/c1-14-12-26(22(30)24-20(14)28)19-10-17(27)18(31-19)11-23-21(29)16-8-5-9-25(16)13-15-6-3-2-4-7-15/h2-4,6-7,12,16-19,27H,5,8-11,13H2,1H3,(H,23,29)(H,24,28,30)/t16-,17-,18+,19+/m0/s1. The Morgan fingerprint density at radius 3 is 2.84 bits per heavy atom. The molecule has 9 heteroatoms. The maximum Gasteiger partial charge on any atom is 0.330 e. The van der Waals surface area contributed by atoms with Crippen molar-refractivity contribution in [2.45, 2.75) is 57.2 Å². The number of aromatic nitrogens is 2. The average molecular weight is 428 g/mol. The first kappa shape index (κ1) is 21.5. The van der Waals surface area contributed by atoms with E-state index in [9.17, 15) is 19.5 Å². The van der Waals surface area contributed by atoms with Crippen molar-refractivity contribution in [2.75, 3.05) is 13.1 Å². The predicted molar refractivity (Wildman–Crippen MR) is 113 cm³/mol. The summed E-state index contributed by atoms with van der Waals surface area (Å²) in [5, 5.41) is 13.3. The lowest BCUT2D eigenvalue weighted by Gasteiger charge is -2.25. The molecule has 2 fully saturated rings. The molecule has 0 radical (unpaired) electrons. The summed E-state index contributed by atoms with van der Waals surface area (Å²) in [5.41, 5.74) is 0.524. The summed E-state index contributed by atoms with van der Waals surface area (Å²) in [6.07, 6.45) is 1.24. The van der Waals surface area contributed by atoms with Crippen LogP contribution in [0.25, 0.3) is 0 Å². The van der Waals surface area contributed by atoms with Crippen LogP contribution in [-0.2, 0) is 16.1 Å². The summed E-state index contributed by atoms with van der Waals surface area (Å²) in [4.78, 5) is 40.9. The van der Waals surface area contributed by atoms with Gasteiger partial charge < -0.3 is 15.2 Å². The van der Waals surface area contributed by atoms with Crippen LogP contribution >= 0.6 is 0 Å². The normalized spacial score (nSPS) is 26.3. The number of hydrogen-bond donors (Lipinski definition) is 3. The summed E-state index contributed by atoms with van der Waals surface area (Å²) in [5.74, 6) is -0.0790. The van der Waals surface area contributed by atoms with E-state index >= 15 is 0 Å². The third-order valence-electron chi connectivity index (χ3n) is 6.03. The van der Waals surface area contributed by atoms with Gasteiger partial charge in [0.05, 0.1) is 12.1 Å². The van der Waals surface area contributed by atoms with E-state index in [4.69, 9.17) is 4.74 Å². The third kappa shape index (κ3) is 4.79. The van der Waals surface area contributed by atoms with Crippen LogP contribution in [0.1, 0.15) is 36.6 Å². The van der Waals surface area contributed by atoms with Gasteiger partial charge in [-0.3, -0.25) is 24.0 Å². The van der Waals surface area contributed by atoms with Gasteiger partial charge in [0.25, 0.3) is 5.56 Å². The molecule has 166 valence electrons. The second kappa shape index (κ2) is 9.17. The van der Waals surface area contributed by atoms with E-state index < -0.39 is 29.7 Å². The molecular formula is C22H28N4O5. The molecule has 0 unspecified atom stereocenters. The van der Waals surface area contributed by atoms with Crippen molar-refractivity contribution in [3.05, 3.63) is 68.5 Å². The Morgan fingerprint density at radius 2 is 2.06 bits per heavy atom. The molecule has 2 aliphatic rings. The molecule has 1 aromatic carbocycles. The van der Waals surface area contributed by atoms with Crippen LogP contribution in [0.4, 0.5) is 0 Å². The molecule has 2 aliphatic heterocycles. The third-order valence-corrected chi connectivity index (χ3v) is 6.03. The average Bonchev–Trinajstić information content (AvgIpc) is 3.36. The molecule has 0 bridgehead atoms. The Hall–Kier alpha value is -2.75. The number of rotatable bonds is 6. The summed E-state index contributed by atoms with van der Waals surface area (Å²) in [6.45, 7) is 3.34. The van der Waals surface area contributed by atoms with Crippen LogP contribution in [-0.4, -0.2) is 56.8 Å². The number of aliphatic hydroxyl groups is 1. The number of aryl methyl sites for hydroxylation is 1. The minimum Gasteiger partial charge on any atom is -0.390 e. The van der Waals surface area contributed by atoms with Crippen LogP contribution in [0.15, 0.2) is 46.1 Å². The topological polar surface area (TPSA) is 117 Å². The Bertz CT molecular complexity index is 1030. The molecule has 0 aliphatic carbocycles. The molecule has 0 saturated carbocycles. The van der Waals surface area contributed by atoms with Gasteiger partial charge in [0.2, 0.25) is 5.91 Å². The first-order chi connectivity index (χ1) is 14.9. The number of aromatic amines is 1. The summed E-state index contributed by atoms with van der Waals surface area (Å²) in [7, 11) is 0. The van der Waals surface area contributed by atoms with Crippen molar-refractivity contribution in [1.82, 2.24) is 19.8 Å². The lowest BCUT2D eigenvalue weighted by molar-refractivity contribution is -0.126. The summed E-state index contributed by atoms with van der Waals surface area (Å²) in [6, 6.07) is 9.85. The quantitative estimate of drug-likeness (QED) is 0.608. The van der Waals surface area contributed by atoms with E-state index in [-0.39, 0.29) is 24.9 Å². The van der Waals surface area contributed by atoms with Crippen LogP contribution in [0, 0.1) is 6.92 Å². The predicted octanol–water partition coefficient (Wildman–Crippen LogP) is 0.274. The molecule has 4 rings (SSSR count). The number of hydrogen-bond acceptors (Lipinski definition) is 6. The number of carbonyl (C=O) groups is 1. The largest absolute Gasteiger partial charge is 0.390 e. The zero-order valence-electron chi connectivity index (χ0n) is 17.5. The molecule has 31 heavy (non-hydrogen) atoms. The highest BCUT2D eigenvalue weighted by Gasteiger charge is 2.37. The van der Waals surface area contributed by atoms with Crippen LogP contribution < -0.4 is 16.6 Å². The maximum atomic E-state index is 12.8. The first-order valence-electron chi connectivity index (χ1n) is 10.6. The van der Waals surface area contributed by atoms with Crippen molar-refractivity contribution in [3.8, 4) is 0 Å². The molecule has 3 N–H and O–H groups in total. The molecule has 0 spiro atoms. The monoisotopic (exact) mass is 428 g/mol. The van der Waals surface area contributed by atoms with E-state index in [2.05, 4.69) is 27.3 Å². The van der Waals surface area contributed by atoms with Crippen molar-refractivity contribution >= 4 is 5.91 Å². The molecule has 4 atom stereocenters. The SMILES string of the molecule is Cc1cn([C@H]2C[C@H](O)[C@@H](CNC(=O)[C@@H]3CCCN3Cc3ccccc3)O2)c(=O)[nH]c1=O. The smallest absolute Gasteiger partial charge is 0.330 e. The second-order valence-corrected chi connectivity index (χ2v) is 8.27. The Morgan fingerprint density at radius 1 is 1.29 bits per heavy atom. The van der Waals surface area contributed by atoms with Crippen molar-refractivity contribution < 1.29 is 14.6 Å². The van der Waals surface area contributed by atoms with E-state index in [0.29, 0.717) is 5.56 Å². The number of nitrogens with one attached hydrogen (secondary N) is 2. The lowest BCUT2D eigenvalue weighted by Crippen LogP contribution is -2.46. The second-order valence-electron chi connectivity index (χ2n) is 8.27. The van der Waals surface area contributed by atoms with Crippen molar-refractivity contribution in [2.24, 2.45) is 0 Å². The van der Waals surface area contributed by atoms with Gasteiger partial charge in [0, 0.05) is 31.3 Å². The fraction of sp³-hybridized carbons (Fsp3) is 0.500. The zero-order valence-corrected chi connectivity index (χ0v) is 17.5. The highest BCUT2D eigenvalue weighted by atomic mass is 16.5. The number of benzene rings is 1. The van der Waals surface area contributed by atoms with E-state index in [0.717, 1.165) is 25.9 Å². The highest BCUT2D eigenvalue weighted by Crippen LogP contribution is 2.27. The van der Waals surface area contributed by atoms with E-state index in [1.807, 2.05) is 18.2 Å². The van der Waals surface area contributed by atoms with Crippen LogP contribution in [0.2, 0.25) is 0 Å². The summed E-state index contributed by atoms with van der Waals surface area (Å²) >= 11 is 0. The number of carbonyl (C=O) groups excluding carboxylic acids is 1. The van der Waals surface area contributed by atoms with E-state index in [1.165, 1.54) is 16.3 Å². The minimum atomic E-state index is -0.826. The van der Waals surface area contributed by atoms with Crippen LogP contribution in [0.5, 0.6) is 0 Å². The van der Waals surface area contributed by atoms with Crippen molar-refractivity contribution in [1.29, 1.82) is 0 Å². The van der Waals surface area contributed by atoms with Gasteiger partial charge in [-0.05, 0) is 31.9 Å². The number of likely N-dealkylation sites (tertiary alicyclic amines) is 1. The molecule has 1 aromatic heterocycles. The molecule has 1 amide bonds. The molecule has 9 nitrogen and oxygen atoms in total. The number of aliphatic hydroxyl groups excluding tert-OH is 1. The van der Waals surface area contributed by atoms with Gasteiger partial charge in [0.15, 0.2) is 0 Å². The van der Waals surface area contributed by atoms with Gasteiger partial charge in [0.1, 0.15) is 12.3 Å². The van der Waals surface area contributed by atoms with Crippen LogP contribution in [0.3, 0.4) is 0 Å². The molecule has 2 saturated heterocycles. The fourth-order valence-electron chi connectivity index (χ4n) is 4.32. The number of nitrogens with zero attached hydrogens (tertiary/aromatic N) is 2. The first-order valence-corrected chi connectivity index (χ1v) is 10.6. The Balaban J connectivity index is 1.34. The minimum absolute atomic E-state index is 0.0790. The van der Waals surface area contributed by atoms with Gasteiger partial charge in [-0.25, -0.2) is 4.79 Å². The number of amides is 1. The maximum absolute atomic E-state index is 12.8. The van der Waals surface area contributed by atoms with Gasteiger partial charge in [-0.2, -0.15) is 0 Å². The van der Waals surface area contributed by atoms with Gasteiger partial charge in [-0.1, -0.05) is 30.3 Å². The highest BCUT2D eigenvalue weighted by molar-refractivity contribution is 5.82. The van der Waals surface area contributed by atoms with E-state index in [1.54, 1.807) is 6.92 Å². The molecule has 2 aromatic rings. The zero-order chi connectivity index (χ0) is 22.0. The number of H-pyrrole nitrogens is 1. The fourth-order valence-corrected chi connectivity index (χ4v) is 4.32. The van der Waals surface area contributed by atoms with Crippen molar-refractivity contribution in [3.63, 3.8) is 0 Å². The molecule has 3 heterocycles. The lowest BCUT2D eigenvalue weighted by atomic mass is 10.1. The summed E-state index contributed by atoms with van der Waals surface area (Å²) < 4.78 is 7.11. The Labute approximate surface area is 179 Å².